The monoisotopic (exact) mass is 285 g/mol. The second-order valence-corrected chi connectivity index (χ2v) is 6.72. The summed E-state index contributed by atoms with van der Waals surface area (Å²) in [6.45, 7) is 8.56. The van der Waals surface area contributed by atoms with Crippen LogP contribution in [0.1, 0.15) is 44.2 Å². The molecule has 0 spiro atoms. The Morgan fingerprint density at radius 3 is 2.42 bits per heavy atom. The van der Waals surface area contributed by atoms with Crippen LogP contribution in [-0.4, -0.2) is 22.1 Å². The van der Waals surface area contributed by atoms with Gasteiger partial charge in [-0.3, -0.25) is 0 Å². The van der Waals surface area contributed by atoms with Gasteiger partial charge in [0.25, 0.3) is 0 Å². The first kappa shape index (κ1) is 16.0. The third kappa shape index (κ3) is 3.70. The highest BCUT2D eigenvalue weighted by Crippen LogP contribution is 2.31. The molecule has 1 aromatic carbocycles. The fourth-order valence-electron chi connectivity index (χ4n) is 1.94. The molecule has 1 aromatic rings. The van der Waals surface area contributed by atoms with Crippen LogP contribution in [0, 0.1) is 6.92 Å². The Labute approximate surface area is 116 Å². The fraction of sp³-hybridized carbons (Fsp3) is 0.571. The first-order valence-corrected chi connectivity index (χ1v) is 8.02. The van der Waals surface area contributed by atoms with Crippen molar-refractivity contribution in [3.63, 3.8) is 0 Å². The standard InChI is InChI=1S/C14H23NO3S/c1-6-7-18-13-8-11(4)12(10(2)3)9-14(13)19(16,17)15-5/h8-10,15H,6-7H2,1-5H3. The molecule has 0 saturated heterocycles. The van der Waals surface area contributed by atoms with Gasteiger partial charge in [-0.25, -0.2) is 13.1 Å². The van der Waals surface area contributed by atoms with E-state index in [1.165, 1.54) is 7.05 Å². The predicted molar refractivity (Wildman–Crippen MR) is 77.3 cm³/mol. The van der Waals surface area contributed by atoms with Crippen LogP contribution in [-0.2, 0) is 10.0 Å². The molecule has 0 fully saturated rings. The van der Waals surface area contributed by atoms with Crippen LogP contribution in [0.2, 0.25) is 0 Å². The Morgan fingerprint density at radius 1 is 1.32 bits per heavy atom. The highest BCUT2D eigenvalue weighted by atomic mass is 32.2. The summed E-state index contributed by atoms with van der Waals surface area (Å²) < 4.78 is 32.1. The third-order valence-corrected chi connectivity index (χ3v) is 4.41. The van der Waals surface area contributed by atoms with E-state index in [1.54, 1.807) is 6.07 Å². The lowest BCUT2D eigenvalue weighted by molar-refractivity contribution is 0.308. The van der Waals surface area contributed by atoms with Gasteiger partial charge in [0, 0.05) is 0 Å². The number of nitrogens with one attached hydrogen (secondary N) is 1. The number of rotatable bonds is 6. The highest BCUT2D eigenvalue weighted by molar-refractivity contribution is 7.89. The molecular formula is C14H23NO3S. The van der Waals surface area contributed by atoms with Crippen molar-refractivity contribution in [3.05, 3.63) is 23.3 Å². The molecule has 0 unspecified atom stereocenters. The third-order valence-electron chi connectivity index (χ3n) is 2.97. The Balaban J connectivity index is 3.41. The van der Waals surface area contributed by atoms with Gasteiger partial charge in [-0.1, -0.05) is 20.8 Å². The minimum atomic E-state index is -3.51. The maximum atomic E-state index is 12.1. The van der Waals surface area contributed by atoms with Gasteiger partial charge in [0.05, 0.1) is 6.61 Å². The van der Waals surface area contributed by atoms with Crippen molar-refractivity contribution in [3.8, 4) is 5.75 Å². The second-order valence-electron chi connectivity index (χ2n) is 4.87. The van der Waals surface area contributed by atoms with E-state index in [2.05, 4.69) is 4.72 Å². The first-order valence-electron chi connectivity index (χ1n) is 6.54. The van der Waals surface area contributed by atoms with Crippen LogP contribution >= 0.6 is 0 Å². The predicted octanol–water partition coefficient (Wildman–Crippen LogP) is 2.82. The Morgan fingerprint density at radius 2 is 1.95 bits per heavy atom. The molecule has 5 heteroatoms. The smallest absolute Gasteiger partial charge is 0.244 e. The van der Waals surface area contributed by atoms with Crippen LogP contribution in [0.5, 0.6) is 5.75 Å². The molecule has 108 valence electrons. The maximum Gasteiger partial charge on any atom is 0.244 e. The largest absolute Gasteiger partial charge is 0.492 e. The van der Waals surface area contributed by atoms with E-state index in [1.807, 2.05) is 33.8 Å². The van der Waals surface area contributed by atoms with Crippen LogP contribution in [0.4, 0.5) is 0 Å². The Hall–Kier alpha value is -1.07. The zero-order valence-electron chi connectivity index (χ0n) is 12.3. The number of sulfonamides is 1. The molecule has 0 saturated carbocycles. The molecule has 1 rings (SSSR count). The van der Waals surface area contributed by atoms with Gasteiger partial charge in [0.1, 0.15) is 10.6 Å². The fourth-order valence-corrected chi connectivity index (χ4v) is 2.83. The lowest BCUT2D eigenvalue weighted by Crippen LogP contribution is -2.20. The van der Waals surface area contributed by atoms with Gasteiger partial charge in [0.2, 0.25) is 10.0 Å². The summed E-state index contributed by atoms with van der Waals surface area (Å²) in [4.78, 5) is 0.220. The SMILES string of the molecule is CCCOc1cc(C)c(C(C)C)cc1S(=O)(=O)NC. The molecule has 19 heavy (non-hydrogen) atoms. The summed E-state index contributed by atoms with van der Waals surface area (Å²) in [5.74, 6) is 0.698. The van der Waals surface area contributed by atoms with Crippen molar-refractivity contribution in [2.45, 2.75) is 44.9 Å². The molecule has 0 aliphatic carbocycles. The molecule has 0 amide bonds. The summed E-state index contributed by atoms with van der Waals surface area (Å²) in [5, 5.41) is 0. The molecule has 0 bridgehead atoms. The van der Waals surface area contributed by atoms with Crippen LogP contribution in [0.3, 0.4) is 0 Å². The van der Waals surface area contributed by atoms with Gasteiger partial charge >= 0.3 is 0 Å². The lowest BCUT2D eigenvalue weighted by atomic mass is 9.98. The van der Waals surface area contributed by atoms with Crippen molar-refractivity contribution in [2.24, 2.45) is 0 Å². The Kier molecular flexibility index (Phi) is 5.38. The van der Waals surface area contributed by atoms with Crippen molar-refractivity contribution in [1.82, 2.24) is 4.72 Å². The minimum Gasteiger partial charge on any atom is -0.492 e. The molecule has 4 nitrogen and oxygen atoms in total. The van der Waals surface area contributed by atoms with E-state index >= 15 is 0 Å². The summed E-state index contributed by atoms with van der Waals surface area (Å²) in [5.41, 5.74) is 2.08. The zero-order valence-corrected chi connectivity index (χ0v) is 13.1. The van der Waals surface area contributed by atoms with Crippen molar-refractivity contribution < 1.29 is 13.2 Å². The quantitative estimate of drug-likeness (QED) is 0.874. The summed E-state index contributed by atoms with van der Waals surface area (Å²) in [6, 6.07) is 3.53. The highest BCUT2D eigenvalue weighted by Gasteiger charge is 2.20. The number of aryl methyl sites for hydroxylation is 1. The van der Waals surface area contributed by atoms with E-state index in [-0.39, 0.29) is 10.8 Å². The number of hydrogen-bond donors (Lipinski definition) is 1. The first-order chi connectivity index (χ1) is 8.83. The van der Waals surface area contributed by atoms with Crippen molar-refractivity contribution in [2.75, 3.05) is 13.7 Å². The zero-order chi connectivity index (χ0) is 14.6. The molecule has 0 aliphatic heterocycles. The second kappa shape index (κ2) is 6.39. The van der Waals surface area contributed by atoms with Gasteiger partial charge < -0.3 is 4.74 Å². The molecular weight excluding hydrogens is 262 g/mol. The van der Waals surface area contributed by atoms with E-state index in [0.29, 0.717) is 12.4 Å². The summed E-state index contributed by atoms with van der Waals surface area (Å²) >= 11 is 0. The average Bonchev–Trinajstić information content (AvgIpc) is 2.35. The van der Waals surface area contributed by atoms with Crippen molar-refractivity contribution in [1.29, 1.82) is 0 Å². The molecule has 1 N–H and O–H groups in total. The number of ether oxygens (including phenoxy) is 1. The molecule has 0 aromatic heterocycles. The lowest BCUT2D eigenvalue weighted by Gasteiger charge is -2.17. The summed E-state index contributed by atoms with van der Waals surface area (Å²) in [7, 11) is -2.10. The van der Waals surface area contributed by atoms with Gasteiger partial charge in [-0.05, 0) is 49.6 Å². The average molecular weight is 285 g/mol. The van der Waals surface area contributed by atoms with E-state index in [9.17, 15) is 8.42 Å². The van der Waals surface area contributed by atoms with Gasteiger partial charge in [-0.15, -0.1) is 0 Å². The maximum absolute atomic E-state index is 12.1. The number of benzene rings is 1. The van der Waals surface area contributed by atoms with Gasteiger partial charge in [0.15, 0.2) is 0 Å². The molecule has 0 atom stereocenters. The van der Waals surface area contributed by atoms with Crippen LogP contribution in [0.25, 0.3) is 0 Å². The van der Waals surface area contributed by atoms with Crippen LogP contribution < -0.4 is 9.46 Å². The van der Waals surface area contributed by atoms with E-state index < -0.39 is 10.0 Å². The van der Waals surface area contributed by atoms with E-state index in [4.69, 9.17) is 4.74 Å². The van der Waals surface area contributed by atoms with Crippen LogP contribution in [0.15, 0.2) is 17.0 Å². The molecule has 0 radical (unpaired) electrons. The minimum absolute atomic E-state index is 0.220. The van der Waals surface area contributed by atoms with Crippen molar-refractivity contribution >= 4 is 10.0 Å². The topological polar surface area (TPSA) is 55.4 Å². The molecule has 0 heterocycles. The van der Waals surface area contributed by atoms with Gasteiger partial charge in [-0.2, -0.15) is 0 Å². The Bertz CT molecular complexity index is 536. The van der Waals surface area contributed by atoms with E-state index in [0.717, 1.165) is 17.5 Å². The molecule has 0 aliphatic rings. The summed E-state index contributed by atoms with van der Waals surface area (Å²) in [6.07, 6.45) is 0.837. The normalized spacial score (nSPS) is 11.9. The number of hydrogen-bond acceptors (Lipinski definition) is 3.